The first kappa shape index (κ1) is 12.0. The van der Waals surface area contributed by atoms with Crippen molar-refractivity contribution in [3.8, 4) is 0 Å². The maximum absolute atomic E-state index is 12.0. The molecular weight excluding hydrogens is 209 g/mol. The molecule has 7 heteroatoms. The van der Waals surface area contributed by atoms with E-state index in [1.807, 2.05) is 0 Å². The Hall–Kier alpha value is -1.08. The van der Waals surface area contributed by atoms with Crippen LogP contribution < -0.4 is 11.3 Å². The van der Waals surface area contributed by atoms with E-state index in [-0.39, 0.29) is 6.42 Å². The minimum absolute atomic E-state index is 0.114. The third-order valence-electron chi connectivity index (χ3n) is 2.00. The maximum Gasteiger partial charge on any atom is 0.389 e. The molecule has 0 aliphatic rings. The van der Waals surface area contributed by atoms with Crippen molar-refractivity contribution in [2.24, 2.45) is 12.9 Å². The Morgan fingerprint density at radius 3 is 2.67 bits per heavy atom. The zero-order valence-corrected chi connectivity index (χ0v) is 8.25. The van der Waals surface area contributed by atoms with E-state index < -0.39 is 18.6 Å². The predicted molar refractivity (Wildman–Crippen MR) is 48.6 cm³/mol. The van der Waals surface area contributed by atoms with Crippen molar-refractivity contribution >= 4 is 0 Å². The van der Waals surface area contributed by atoms with Crippen LogP contribution in [0.25, 0.3) is 0 Å². The number of hydrogen-bond acceptors (Lipinski definition) is 3. The second-order valence-corrected chi connectivity index (χ2v) is 3.34. The second kappa shape index (κ2) is 4.63. The van der Waals surface area contributed by atoms with Crippen LogP contribution in [-0.2, 0) is 7.05 Å². The monoisotopic (exact) mass is 222 g/mol. The third kappa shape index (κ3) is 3.88. The van der Waals surface area contributed by atoms with Crippen molar-refractivity contribution in [2.45, 2.75) is 25.1 Å². The Balaban J connectivity index is 2.57. The zero-order valence-electron chi connectivity index (χ0n) is 8.25. The van der Waals surface area contributed by atoms with E-state index in [0.717, 1.165) is 0 Å². The lowest BCUT2D eigenvalue weighted by Crippen LogP contribution is -2.29. The van der Waals surface area contributed by atoms with Gasteiger partial charge in [-0.05, 0) is 6.42 Å². The van der Waals surface area contributed by atoms with Crippen LogP contribution in [0.15, 0.2) is 12.5 Å². The highest BCUT2D eigenvalue weighted by molar-refractivity contribution is 5.02. The van der Waals surface area contributed by atoms with E-state index >= 15 is 0 Å². The van der Waals surface area contributed by atoms with Crippen LogP contribution in [-0.4, -0.2) is 15.7 Å². The molecule has 0 bridgehead atoms. The number of alkyl halides is 3. The van der Waals surface area contributed by atoms with Crippen LogP contribution in [0.2, 0.25) is 0 Å². The summed E-state index contributed by atoms with van der Waals surface area (Å²) in [5, 5.41) is 0. The number of nitrogens with two attached hydrogens (primary N) is 1. The SMILES string of the molecule is Cn1cnc(C(CCC(F)(F)F)NN)c1. The quantitative estimate of drug-likeness (QED) is 0.595. The molecule has 15 heavy (non-hydrogen) atoms. The van der Waals surface area contributed by atoms with E-state index in [1.54, 1.807) is 17.8 Å². The normalized spacial score (nSPS) is 14.2. The van der Waals surface area contributed by atoms with Gasteiger partial charge in [-0.2, -0.15) is 13.2 Å². The number of aromatic nitrogens is 2. The standard InChI is InChI=1S/C8H13F3N4/c1-15-4-7(13-5-15)6(14-12)2-3-8(9,10)11/h4-6,14H,2-3,12H2,1H3. The van der Waals surface area contributed by atoms with Crippen molar-refractivity contribution in [3.05, 3.63) is 18.2 Å². The molecule has 0 fully saturated rings. The first-order valence-corrected chi connectivity index (χ1v) is 4.43. The number of nitrogens with zero attached hydrogens (tertiary/aromatic N) is 2. The van der Waals surface area contributed by atoms with Crippen molar-refractivity contribution in [2.75, 3.05) is 0 Å². The number of imidazole rings is 1. The smallest absolute Gasteiger partial charge is 0.340 e. The van der Waals surface area contributed by atoms with E-state index in [9.17, 15) is 13.2 Å². The molecule has 86 valence electrons. The number of halogens is 3. The van der Waals surface area contributed by atoms with Gasteiger partial charge in [0.15, 0.2) is 0 Å². The van der Waals surface area contributed by atoms with Crippen LogP contribution in [0, 0.1) is 0 Å². The number of hydrazine groups is 1. The van der Waals surface area contributed by atoms with Crippen LogP contribution in [0.1, 0.15) is 24.6 Å². The molecule has 1 heterocycles. The highest BCUT2D eigenvalue weighted by atomic mass is 19.4. The average molecular weight is 222 g/mol. The summed E-state index contributed by atoms with van der Waals surface area (Å²) in [6.45, 7) is 0. The Kier molecular flexibility index (Phi) is 3.70. The summed E-state index contributed by atoms with van der Waals surface area (Å²) in [5.41, 5.74) is 2.85. The van der Waals surface area contributed by atoms with Gasteiger partial charge in [0.25, 0.3) is 0 Å². The molecule has 1 unspecified atom stereocenters. The van der Waals surface area contributed by atoms with E-state index in [2.05, 4.69) is 10.4 Å². The van der Waals surface area contributed by atoms with Gasteiger partial charge in [-0.15, -0.1) is 0 Å². The summed E-state index contributed by atoms with van der Waals surface area (Å²) >= 11 is 0. The predicted octanol–water partition coefficient (Wildman–Crippen LogP) is 1.27. The minimum Gasteiger partial charge on any atom is -0.340 e. The van der Waals surface area contributed by atoms with Crippen molar-refractivity contribution in [1.29, 1.82) is 0 Å². The molecule has 0 amide bonds. The van der Waals surface area contributed by atoms with Crippen molar-refractivity contribution < 1.29 is 13.2 Å². The van der Waals surface area contributed by atoms with Crippen molar-refractivity contribution in [3.63, 3.8) is 0 Å². The molecule has 3 N–H and O–H groups in total. The summed E-state index contributed by atoms with van der Waals surface area (Å²) in [6, 6.07) is -0.562. The molecule has 1 aromatic heterocycles. The Morgan fingerprint density at radius 1 is 1.60 bits per heavy atom. The Morgan fingerprint density at radius 2 is 2.27 bits per heavy atom. The molecule has 0 saturated heterocycles. The minimum atomic E-state index is -4.16. The van der Waals surface area contributed by atoms with E-state index in [1.165, 1.54) is 6.33 Å². The van der Waals surface area contributed by atoms with Gasteiger partial charge < -0.3 is 4.57 Å². The van der Waals surface area contributed by atoms with Crippen LogP contribution >= 0.6 is 0 Å². The van der Waals surface area contributed by atoms with Gasteiger partial charge in [-0.1, -0.05) is 0 Å². The molecule has 0 spiro atoms. The molecule has 0 aromatic carbocycles. The van der Waals surface area contributed by atoms with Gasteiger partial charge in [-0.25, -0.2) is 4.98 Å². The summed E-state index contributed by atoms with van der Waals surface area (Å²) in [7, 11) is 1.74. The average Bonchev–Trinajstić information content (AvgIpc) is 2.51. The maximum atomic E-state index is 12.0. The first-order chi connectivity index (χ1) is 6.92. The molecule has 0 radical (unpaired) electrons. The molecule has 0 saturated carbocycles. The fraction of sp³-hybridized carbons (Fsp3) is 0.625. The fourth-order valence-corrected chi connectivity index (χ4v) is 1.24. The Labute approximate surface area is 85.3 Å². The highest BCUT2D eigenvalue weighted by Gasteiger charge is 2.28. The number of rotatable bonds is 4. The fourth-order valence-electron chi connectivity index (χ4n) is 1.24. The van der Waals surface area contributed by atoms with Crippen LogP contribution in [0.4, 0.5) is 13.2 Å². The third-order valence-corrected chi connectivity index (χ3v) is 2.00. The topological polar surface area (TPSA) is 55.9 Å². The Bertz CT molecular complexity index is 307. The van der Waals surface area contributed by atoms with Crippen molar-refractivity contribution in [1.82, 2.24) is 15.0 Å². The van der Waals surface area contributed by atoms with Crippen LogP contribution in [0.3, 0.4) is 0 Å². The molecule has 1 aromatic rings. The van der Waals surface area contributed by atoms with E-state index in [0.29, 0.717) is 5.69 Å². The molecule has 1 atom stereocenters. The number of aryl methyl sites for hydroxylation is 1. The van der Waals surface area contributed by atoms with Gasteiger partial charge >= 0.3 is 6.18 Å². The molecular formula is C8H13F3N4. The zero-order chi connectivity index (χ0) is 11.5. The van der Waals surface area contributed by atoms with Gasteiger partial charge in [0, 0.05) is 19.7 Å². The van der Waals surface area contributed by atoms with Gasteiger partial charge in [0.1, 0.15) is 0 Å². The molecule has 0 aliphatic heterocycles. The lowest BCUT2D eigenvalue weighted by molar-refractivity contribution is -0.136. The first-order valence-electron chi connectivity index (χ1n) is 4.43. The molecule has 4 nitrogen and oxygen atoms in total. The molecule has 1 rings (SSSR count). The van der Waals surface area contributed by atoms with Crippen LogP contribution in [0.5, 0.6) is 0 Å². The second-order valence-electron chi connectivity index (χ2n) is 3.34. The number of nitrogens with one attached hydrogen (secondary N) is 1. The highest BCUT2D eigenvalue weighted by Crippen LogP contribution is 2.26. The lowest BCUT2D eigenvalue weighted by atomic mass is 10.1. The van der Waals surface area contributed by atoms with E-state index in [4.69, 9.17) is 5.84 Å². The van der Waals surface area contributed by atoms with Gasteiger partial charge in [-0.3, -0.25) is 11.3 Å². The van der Waals surface area contributed by atoms with Gasteiger partial charge in [0.2, 0.25) is 0 Å². The largest absolute Gasteiger partial charge is 0.389 e. The van der Waals surface area contributed by atoms with Gasteiger partial charge in [0.05, 0.1) is 18.1 Å². The molecule has 0 aliphatic carbocycles. The lowest BCUT2D eigenvalue weighted by Gasteiger charge is -2.14. The summed E-state index contributed by atoms with van der Waals surface area (Å²) in [4.78, 5) is 3.94. The summed E-state index contributed by atoms with van der Waals surface area (Å²) in [6.07, 6.45) is -1.99. The number of hydrogen-bond donors (Lipinski definition) is 2. The summed E-state index contributed by atoms with van der Waals surface area (Å²) in [5.74, 6) is 5.18. The summed E-state index contributed by atoms with van der Waals surface area (Å²) < 4.78 is 37.6.